The number of nitrogens with one attached hydrogen (secondary N) is 2. The number of alkyl halides is 3. The Balaban J connectivity index is 2.07. The van der Waals surface area contributed by atoms with Crippen LogP contribution in [0.25, 0.3) is 0 Å². The van der Waals surface area contributed by atoms with E-state index in [1.54, 1.807) is 24.3 Å². The fraction of sp³-hybridized carbons (Fsp3) is 0.0667. The summed E-state index contributed by atoms with van der Waals surface area (Å²) >= 11 is 0.962. The molecule has 2 amide bonds. The Kier molecular flexibility index (Phi) is 5.13. The van der Waals surface area contributed by atoms with Crippen molar-refractivity contribution in [3.8, 4) is 5.40 Å². The van der Waals surface area contributed by atoms with Gasteiger partial charge in [-0.2, -0.15) is 18.4 Å². The first-order valence-corrected chi connectivity index (χ1v) is 7.12. The number of urea groups is 1. The second-order valence-electron chi connectivity index (χ2n) is 4.34. The fourth-order valence-corrected chi connectivity index (χ4v) is 2.16. The molecule has 23 heavy (non-hydrogen) atoms. The maximum Gasteiger partial charge on any atom is 0.418 e. The molecule has 0 aliphatic heterocycles. The van der Waals surface area contributed by atoms with Gasteiger partial charge in [0.2, 0.25) is 0 Å². The van der Waals surface area contributed by atoms with Gasteiger partial charge in [0, 0.05) is 10.6 Å². The number of thioether (sulfide) groups is 1. The SMILES string of the molecule is N#CSc1ccc(NC(=O)Nc2ccccc2C(F)(F)F)cc1. The molecular formula is C15H10F3N3OS. The van der Waals surface area contributed by atoms with Crippen molar-refractivity contribution in [1.82, 2.24) is 0 Å². The molecule has 0 heterocycles. The van der Waals surface area contributed by atoms with Crippen LogP contribution in [0, 0.1) is 10.7 Å². The third kappa shape index (κ3) is 4.66. The minimum Gasteiger partial charge on any atom is -0.308 e. The van der Waals surface area contributed by atoms with E-state index in [9.17, 15) is 18.0 Å². The Hall–Kier alpha value is -2.66. The number of benzene rings is 2. The Bertz CT molecular complexity index is 739. The maximum atomic E-state index is 12.8. The number of nitriles is 1. The van der Waals surface area contributed by atoms with Crippen LogP contribution in [0.2, 0.25) is 0 Å². The van der Waals surface area contributed by atoms with Crippen molar-refractivity contribution in [2.75, 3.05) is 10.6 Å². The average molecular weight is 337 g/mol. The predicted molar refractivity (Wildman–Crippen MR) is 82.0 cm³/mol. The van der Waals surface area contributed by atoms with Crippen LogP contribution in [0.4, 0.5) is 29.3 Å². The maximum absolute atomic E-state index is 12.8. The summed E-state index contributed by atoms with van der Waals surface area (Å²) in [6.07, 6.45) is -4.56. The van der Waals surface area contributed by atoms with Gasteiger partial charge in [-0.3, -0.25) is 0 Å². The summed E-state index contributed by atoms with van der Waals surface area (Å²) in [4.78, 5) is 12.5. The number of amides is 2. The molecule has 0 fully saturated rings. The molecule has 118 valence electrons. The van der Waals surface area contributed by atoms with Crippen LogP contribution in [0.1, 0.15) is 5.56 Å². The second-order valence-corrected chi connectivity index (χ2v) is 5.20. The van der Waals surface area contributed by atoms with E-state index in [1.165, 1.54) is 18.2 Å². The van der Waals surface area contributed by atoms with Gasteiger partial charge < -0.3 is 10.6 Å². The number of nitrogens with zero attached hydrogens (tertiary/aromatic N) is 1. The number of carbonyl (C=O) groups is 1. The standard InChI is InChI=1S/C15H10F3N3OS/c16-15(17,18)12-3-1-2-4-13(12)21-14(22)20-10-5-7-11(8-6-10)23-9-19/h1-8H,(H2,20,21,22). The monoisotopic (exact) mass is 337 g/mol. The van der Waals surface area contributed by atoms with Crippen molar-refractivity contribution in [3.63, 3.8) is 0 Å². The summed E-state index contributed by atoms with van der Waals surface area (Å²) in [5.41, 5.74) is -0.848. The lowest BCUT2D eigenvalue weighted by Crippen LogP contribution is -2.21. The number of hydrogen-bond donors (Lipinski definition) is 2. The highest BCUT2D eigenvalue weighted by molar-refractivity contribution is 8.03. The summed E-state index contributed by atoms with van der Waals surface area (Å²) in [6, 6.07) is 10.3. The minimum absolute atomic E-state index is 0.325. The number of carbonyl (C=O) groups excluding carboxylic acids is 1. The van der Waals surface area contributed by atoms with Crippen molar-refractivity contribution < 1.29 is 18.0 Å². The molecule has 0 aliphatic rings. The number of thiocyanates is 1. The smallest absolute Gasteiger partial charge is 0.308 e. The van der Waals surface area contributed by atoms with Gasteiger partial charge in [0.1, 0.15) is 5.40 Å². The molecule has 0 saturated carbocycles. The van der Waals surface area contributed by atoms with Gasteiger partial charge in [-0.1, -0.05) is 12.1 Å². The molecule has 0 aliphatic carbocycles. The number of hydrogen-bond acceptors (Lipinski definition) is 3. The van der Waals surface area contributed by atoms with Gasteiger partial charge in [-0.15, -0.1) is 0 Å². The molecule has 2 aromatic carbocycles. The summed E-state index contributed by atoms with van der Waals surface area (Å²) in [5.74, 6) is 0. The van der Waals surface area contributed by atoms with Gasteiger partial charge in [-0.05, 0) is 48.2 Å². The highest BCUT2D eigenvalue weighted by atomic mass is 32.2. The minimum atomic E-state index is -4.56. The van der Waals surface area contributed by atoms with Crippen LogP contribution in [0.15, 0.2) is 53.4 Å². The Morgan fingerprint density at radius 1 is 1.04 bits per heavy atom. The van der Waals surface area contributed by atoms with Crippen LogP contribution < -0.4 is 10.6 Å². The number of halogens is 3. The third-order valence-corrected chi connectivity index (χ3v) is 3.36. The van der Waals surface area contributed by atoms with Gasteiger partial charge >= 0.3 is 12.2 Å². The topological polar surface area (TPSA) is 64.9 Å². The summed E-state index contributed by atoms with van der Waals surface area (Å²) in [6.45, 7) is 0. The van der Waals surface area contributed by atoms with E-state index in [2.05, 4.69) is 10.6 Å². The zero-order chi connectivity index (χ0) is 16.9. The lowest BCUT2D eigenvalue weighted by atomic mass is 10.1. The van der Waals surface area contributed by atoms with Gasteiger partial charge in [-0.25, -0.2) is 4.79 Å². The zero-order valence-corrected chi connectivity index (χ0v) is 12.3. The van der Waals surface area contributed by atoms with Crippen molar-refractivity contribution in [1.29, 1.82) is 5.26 Å². The van der Waals surface area contributed by atoms with Crippen molar-refractivity contribution >= 4 is 29.2 Å². The van der Waals surface area contributed by atoms with Crippen LogP contribution in [0.5, 0.6) is 0 Å². The quantitative estimate of drug-likeness (QED) is 0.617. The molecule has 0 spiro atoms. The predicted octanol–water partition coefficient (Wildman–Crippen LogP) is 4.92. The van der Waals surface area contributed by atoms with Crippen LogP contribution in [-0.4, -0.2) is 6.03 Å². The highest BCUT2D eigenvalue weighted by Crippen LogP contribution is 2.34. The normalized spacial score (nSPS) is 10.7. The van der Waals surface area contributed by atoms with E-state index in [0.29, 0.717) is 10.6 Å². The number of anilines is 2. The first-order valence-electron chi connectivity index (χ1n) is 6.30. The lowest BCUT2D eigenvalue weighted by Gasteiger charge is -2.14. The third-order valence-electron chi connectivity index (χ3n) is 2.76. The van der Waals surface area contributed by atoms with Crippen molar-refractivity contribution in [2.24, 2.45) is 0 Å². The fourth-order valence-electron chi connectivity index (χ4n) is 1.78. The molecule has 0 saturated heterocycles. The zero-order valence-electron chi connectivity index (χ0n) is 11.5. The van der Waals surface area contributed by atoms with Crippen molar-refractivity contribution in [3.05, 3.63) is 54.1 Å². The average Bonchev–Trinajstić information content (AvgIpc) is 2.49. The molecule has 0 unspecified atom stereocenters. The summed E-state index contributed by atoms with van der Waals surface area (Å²) in [7, 11) is 0. The van der Waals surface area contributed by atoms with Gasteiger partial charge in [0.05, 0.1) is 11.3 Å². The largest absolute Gasteiger partial charge is 0.418 e. The van der Waals surface area contributed by atoms with E-state index in [0.717, 1.165) is 17.8 Å². The lowest BCUT2D eigenvalue weighted by molar-refractivity contribution is -0.136. The first-order chi connectivity index (χ1) is 10.9. The number of rotatable bonds is 3. The molecular weight excluding hydrogens is 327 g/mol. The Morgan fingerprint density at radius 2 is 1.70 bits per heavy atom. The molecule has 8 heteroatoms. The molecule has 4 nitrogen and oxygen atoms in total. The highest BCUT2D eigenvalue weighted by Gasteiger charge is 2.33. The van der Waals surface area contributed by atoms with Crippen LogP contribution in [0.3, 0.4) is 0 Å². The van der Waals surface area contributed by atoms with E-state index in [4.69, 9.17) is 5.26 Å². The van der Waals surface area contributed by atoms with Gasteiger partial charge in [0.15, 0.2) is 0 Å². The molecule has 2 aromatic rings. The first kappa shape index (κ1) is 16.7. The summed E-state index contributed by atoms with van der Waals surface area (Å²) in [5, 5.41) is 15.0. The second kappa shape index (κ2) is 7.07. The summed E-state index contributed by atoms with van der Waals surface area (Å²) < 4.78 is 38.5. The molecule has 0 bridgehead atoms. The van der Waals surface area contributed by atoms with E-state index in [1.807, 2.05) is 5.40 Å². The number of para-hydroxylation sites is 1. The molecule has 2 rings (SSSR count). The molecule has 2 N–H and O–H groups in total. The van der Waals surface area contributed by atoms with Crippen LogP contribution >= 0.6 is 11.8 Å². The van der Waals surface area contributed by atoms with E-state index >= 15 is 0 Å². The molecule has 0 radical (unpaired) electrons. The van der Waals surface area contributed by atoms with Gasteiger partial charge in [0.25, 0.3) is 0 Å². The van der Waals surface area contributed by atoms with Crippen molar-refractivity contribution in [2.45, 2.75) is 11.1 Å². The van der Waals surface area contributed by atoms with Crippen LogP contribution in [-0.2, 0) is 6.18 Å². The Labute approximate surface area is 134 Å². The van der Waals surface area contributed by atoms with E-state index in [-0.39, 0.29) is 5.69 Å². The molecule has 0 atom stereocenters. The Morgan fingerprint density at radius 3 is 2.30 bits per heavy atom. The molecule has 0 aromatic heterocycles. The van der Waals surface area contributed by atoms with E-state index < -0.39 is 17.8 Å².